The number of aliphatic hydroxyl groups excluding tert-OH is 1. The summed E-state index contributed by atoms with van der Waals surface area (Å²) < 4.78 is 5.83. The first-order chi connectivity index (χ1) is 10.7. The Labute approximate surface area is 133 Å². The van der Waals surface area contributed by atoms with Crippen molar-refractivity contribution in [2.24, 2.45) is 0 Å². The molecule has 2 unspecified atom stereocenters. The number of nitrogens with one attached hydrogen (secondary N) is 1. The molecule has 0 fully saturated rings. The Hall–Kier alpha value is -1.84. The Morgan fingerprint density at radius 1 is 1.05 bits per heavy atom. The highest BCUT2D eigenvalue weighted by atomic mass is 16.5. The van der Waals surface area contributed by atoms with Gasteiger partial charge in [0.15, 0.2) is 0 Å². The van der Waals surface area contributed by atoms with Gasteiger partial charge in [-0.1, -0.05) is 55.5 Å². The van der Waals surface area contributed by atoms with Crippen molar-refractivity contribution in [2.45, 2.75) is 32.4 Å². The molecule has 0 saturated heterocycles. The summed E-state index contributed by atoms with van der Waals surface area (Å²) in [4.78, 5) is 0. The predicted octanol–water partition coefficient (Wildman–Crippen LogP) is 3.48. The summed E-state index contributed by atoms with van der Waals surface area (Å²) in [5, 5.41) is 13.3. The summed E-state index contributed by atoms with van der Waals surface area (Å²) in [7, 11) is 0. The molecule has 22 heavy (non-hydrogen) atoms. The highest BCUT2D eigenvalue weighted by Crippen LogP contribution is 2.29. The third-order valence-corrected chi connectivity index (χ3v) is 3.72. The molecule has 0 spiro atoms. The minimum atomic E-state index is -0.516. The van der Waals surface area contributed by atoms with Crippen molar-refractivity contribution >= 4 is 0 Å². The predicted molar refractivity (Wildman–Crippen MR) is 91.1 cm³/mol. The highest BCUT2D eigenvalue weighted by Gasteiger charge is 2.10. The van der Waals surface area contributed by atoms with Gasteiger partial charge in [-0.15, -0.1) is 0 Å². The smallest absolute Gasteiger partial charge is 0.127 e. The molecular formula is C19H25NO2. The van der Waals surface area contributed by atoms with Crippen LogP contribution in [0.25, 0.3) is 11.1 Å². The van der Waals surface area contributed by atoms with Crippen molar-refractivity contribution in [3.63, 3.8) is 0 Å². The third kappa shape index (κ3) is 4.86. The van der Waals surface area contributed by atoms with Gasteiger partial charge in [0.25, 0.3) is 0 Å². The van der Waals surface area contributed by atoms with Crippen molar-refractivity contribution in [3.05, 3.63) is 54.6 Å². The van der Waals surface area contributed by atoms with E-state index in [4.69, 9.17) is 4.74 Å². The first-order valence-corrected chi connectivity index (χ1v) is 7.89. The molecule has 0 heterocycles. The van der Waals surface area contributed by atoms with E-state index in [1.54, 1.807) is 0 Å². The van der Waals surface area contributed by atoms with Crippen LogP contribution < -0.4 is 10.1 Å². The topological polar surface area (TPSA) is 41.5 Å². The number of hydrogen-bond acceptors (Lipinski definition) is 3. The quantitative estimate of drug-likeness (QED) is 0.784. The van der Waals surface area contributed by atoms with Crippen LogP contribution in [0.15, 0.2) is 54.6 Å². The number of hydrogen-bond donors (Lipinski definition) is 2. The van der Waals surface area contributed by atoms with Crippen molar-refractivity contribution in [2.75, 3.05) is 13.2 Å². The van der Waals surface area contributed by atoms with E-state index in [1.807, 2.05) is 42.5 Å². The van der Waals surface area contributed by atoms with Crippen LogP contribution in [0.5, 0.6) is 5.75 Å². The average Bonchev–Trinajstić information content (AvgIpc) is 2.58. The fourth-order valence-corrected chi connectivity index (χ4v) is 2.18. The van der Waals surface area contributed by atoms with E-state index >= 15 is 0 Å². The highest BCUT2D eigenvalue weighted by molar-refractivity contribution is 5.70. The molecule has 0 aliphatic heterocycles. The van der Waals surface area contributed by atoms with Crippen LogP contribution in [0.1, 0.15) is 20.3 Å². The summed E-state index contributed by atoms with van der Waals surface area (Å²) in [5.74, 6) is 0.802. The third-order valence-electron chi connectivity index (χ3n) is 3.72. The van der Waals surface area contributed by atoms with Crippen LogP contribution in [0, 0.1) is 0 Å². The van der Waals surface area contributed by atoms with Gasteiger partial charge in [-0.2, -0.15) is 0 Å². The summed E-state index contributed by atoms with van der Waals surface area (Å²) in [6.45, 7) is 5.06. The molecule has 2 atom stereocenters. The largest absolute Gasteiger partial charge is 0.490 e. The molecule has 0 bridgehead atoms. The molecule has 0 aliphatic rings. The number of benzene rings is 2. The van der Waals surface area contributed by atoms with E-state index in [-0.39, 0.29) is 6.61 Å². The Morgan fingerprint density at radius 2 is 1.73 bits per heavy atom. The molecule has 0 amide bonds. The summed E-state index contributed by atoms with van der Waals surface area (Å²) >= 11 is 0. The van der Waals surface area contributed by atoms with Gasteiger partial charge >= 0.3 is 0 Å². The Morgan fingerprint density at radius 3 is 2.45 bits per heavy atom. The Balaban J connectivity index is 1.96. The van der Waals surface area contributed by atoms with Crippen molar-refractivity contribution < 1.29 is 9.84 Å². The first kappa shape index (κ1) is 16.5. The van der Waals surface area contributed by atoms with Crippen molar-refractivity contribution in [1.29, 1.82) is 0 Å². The van der Waals surface area contributed by atoms with Gasteiger partial charge < -0.3 is 15.2 Å². The maximum Gasteiger partial charge on any atom is 0.127 e. The van der Waals surface area contributed by atoms with Gasteiger partial charge in [0.1, 0.15) is 18.5 Å². The first-order valence-electron chi connectivity index (χ1n) is 7.89. The Kier molecular flexibility index (Phi) is 6.44. The lowest BCUT2D eigenvalue weighted by molar-refractivity contribution is 0.104. The monoisotopic (exact) mass is 299 g/mol. The molecule has 2 N–H and O–H groups in total. The van der Waals surface area contributed by atoms with E-state index < -0.39 is 6.10 Å². The summed E-state index contributed by atoms with van der Waals surface area (Å²) in [6.07, 6.45) is 0.530. The van der Waals surface area contributed by atoms with Gasteiger partial charge in [-0.05, 0) is 25.0 Å². The average molecular weight is 299 g/mol. The summed E-state index contributed by atoms with van der Waals surface area (Å²) in [5.41, 5.74) is 2.16. The Bertz CT molecular complexity index is 556. The molecule has 0 radical (unpaired) electrons. The van der Waals surface area contributed by atoms with E-state index in [1.165, 1.54) is 0 Å². The van der Waals surface area contributed by atoms with E-state index in [0.717, 1.165) is 23.3 Å². The van der Waals surface area contributed by atoms with Crippen LogP contribution >= 0.6 is 0 Å². The van der Waals surface area contributed by atoms with E-state index in [0.29, 0.717) is 12.6 Å². The zero-order valence-corrected chi connectivity index (χ0v) is 13.3. The minimum absolute atomic E-state index is 0.285. The number of para-hydroxylation sites is 1. The van der Waals surface area contributed by atoms with Gasteiger partial charge in [0.05, 0.1) is 0 Å². The lowest BCUT2D eigenvalue weighted by Crippen LogP contribution is -2.36. The zero-order chi connectivity index (χ0) is 15.8. The zero-order valence-electron chi connectivity index (χ0n) is 13.3. The molecule has 0 aliphatic carbocycles. The van der Waals surface area contributed by atoms with Gasteiger partial charge in [-0.3, -0.25) is 0 Å². The molecule has 0 aromatic heterocycles. The molecule has 118 valence electrons. The molecular weight excluding hydrogens is 274 g/mol. The maximum atomic E-state index is 10.0. The van der Waals surface area contributed by atoms with Gasteiger partial charge in [0.2, 0.25) is 0 Å². The van der Waals surface area contributed by atoms with Gasteiger partial charge in [0, 0.05) is 18.2 Å². The number of aliphatic hydroxyl groups is 1. The lowest BCUT2D eigenvalue weighted by atomic mass is 10.1. The van der Waals surface area contributed by atoms with Crippen LogP contribution in [0.2, 0.25) is 0 Å². The van der Waals surface area contributed by atoms with Crippen LogP contribution in [0.3, 0.4) is 0 Å². The van der Waals surface area contributed by atoms with E-state index in [2.05, 4.69) is 31.3 Å². The lowest BCUT2D eigenvalue weighted by Gasteiger charge is -2.17. The van der Waals surface area contributed by atoms with Crippen molar-refractivity contribution in [1.82, 2.24) is 5.32 Å². The second kappa shape index (κ2) is 8.57. The number of ether oxygens (including phenoxy) is 1. The normalized spacial score (nSPS) is 13.6. The minimum Gasteiger partial charge on any atom is -0.490 e. The molecule has 3 heteroatoms. The fraction of sp³-hybridized carbons (Fsp3) is 0.368. The maximum absolute atomic E-state index is 10.0. The molecule has 0 saturated carbocycles. The van der Waals surface area contributed by atoms with Crippen LogP contribution in [-0.2, 0) is 0 Å². The molecule has 2 aromatic rings. The second-order valence-electron chi connectivity index (χ2n) is 5.54. The number of rotatable bonds is 8. The van der Waals surface area contributed by atoms with Gasteiger partial charge in [-0.25, -0.2) is 0 Å². The standard InChI is InChI=1S/C19H25NO2/c1-3-15(2)20-13-17(21)14-22-19-12-8-7-11-18(19)16-9-5-4-6-10-16/h4-12,15,17,20-21H,3,13-14H2,1-2H3. The van der Waals surface area contributed by atoms with Crippen LogP contribution in [0.4, 0.5) is 0 Å². The molecule has 3 nitrogen and oxygen atoms in total. The molecule has 2 rings (SSSR count). The van der Waals surface area contributed by atoms with E-state index in [9.17, 15) is 5.11 Å². The SMILES string of the molecule is CCC(C)NCC(O)COc1ccccc1-c1ccccc1. The van der Waals surface area contributed by atoms with Crippen LogP contribution in [-0.4, -0.2) is 30.4 Å². The second-order valence-corrected chi connectivity index (χ2v) is 5.54. The fourth-order valence-electron chi connectivity index (χ4n) is 2.18. The summed E-state index contributed by atoms with van der Waals surface area (Å²) in [6, 6.07) is 18.5. The van der Waals surface area contributed by atoms with Crippen molar-refractivity contribution in [3.8, 4) is 16.9 Å². The molecule has 2 aromatic carbocycles.